The second-order valence-electron chi connectivity index (χ2n) is 7.26. The summed E-state index contributed by atoms with van der Waals surface area (Å²) in [5, 5.41) is 3.12. The Morgan fingerprint density at radius 3 is 2.68 bits per heavy atom. The van der Waals surface area contributed by atoms with Gasteiger partial charge in [0.25, 0.3) is 0 Å². The maximum atomic E-state index is 12.8. The van der Waals surface area contributed by atoms with Crippen molar-refractivity contribution in [3.05, 3.63) is 34.2 Å². The molecular weight excluding hydrogens is 444 g/mol. The van der Waals surface area contributed by atoms with E-state index in [1.165, 1.54) is 24.5 Å². The second kappa shape index (κ2) is 8.39. The van der Waals surface area contributed by atoms with Crippen LogP contribution in [0, 0.1) is 0 Å². The minimum atomic E-state index is -3.77. The van der Waals surface area contributed by atoms with Crippen LogP contribution in [0.4, 0.5) is 10.7 Å². The summed E-state index contributed by atoms with van der Waals surface area (Å²) >= 11 is 1.34. The molecule has 0 atom stereocenters. The molecule has 1 aromatic carbocycles. The van der Waals surface area contributed by atoms with Crippen molar-refractivity contribution in [1.29, 1.82) is 0 Å². The molecular formula is C20H22N2O7S2. The molecule has 1 amide bonds. The molecule has 0 saturated carbocycles. The molecule has 1 N–H and O–H groups in total. The quantitative estimate of drug-likeness (QED) is 0.651. The number of hydrogen-bond acceptors (Lipinski definition) is 8. The number of amides is 1. The van der Waals surface area contributed by atoms with Crippen molar-refractivity contribution in [2.75, 3.05) is 36.3 Å². The van der Waals surface area contributed by atoms with Gasteiger partial charge in [0, 0.05) is 10.9 Å². The van der Waals surface area contributed by atoms with Crippen molar-refractivity contribution in [1.82, 2.24) is 0 Å². The Labute approximate surface area is 184 Å². The summed E-state index contributed by atoms with van der Waals surface area (Å²) in [6.07, 6.45) is 4.60. The maximum absolute atomic E-state index is 12.8. The Hall–Kier alpha value is -2.79. The van der Waals surface area contributed by atoms with E-state index in [0.29, 0.717) is 22.1 Å². The van der Waals surface area contributed by atoms with E-state index in [2.05, 4.69) is 5.32 Å². The highest BCUT2D eigenvalue weighted by Gasteiger charge is 2.29. The first-order valence-corrected chi connectivity index (χ1v) is 12.3. The molecule has 31 heavy (non-hydrogen) atoms. The van der Waals surface area contributed by atoms with Gasteiger partial charge in [-0.3, -0.25) is 9.10 Å². The molecule has 2 aromatic rings. The van der Waals surface area contributed by atoms with Gasteiger partial charge in [-0.2, -0.15) is 0 Å². The fraction of sp³-hybridized carbons (Fsp3) is 0.400. The van der Waals surface area contributed by atoms with Gasteiger partial charge in [0.2, 0.25) is 22.7 Å². The molecule has 11 heteroatoms. The Balaban J connectivity index is 1.59. The third-order valence-corrected chi connectivity index (χ3v) is 7.49. The predicted octanol–water partition coefficient (Wildman–Crippen LogP) is 2.55. The number of nitrogens with one attached hydrogen (secondary N) is 1. The van der Waals surface area contributed by atoms with E-state index in [4.69, 9.17) is 14.2 Å². The largest absolute Gasteiger partial charge is 0.465 e. The van der Waals surface area contributed by atoms with Gasteiger partial charge in [0.05, 0.1) is 24.6 Å². The molecule has 0 bridgehead atoms. The van der Waals surface area contributed by atoms with Gasteiger partial charge in [0.15, 0.2) is 11.5 Å². The Bertz CT molecular complexity index is 1140. The lowest BCUT2D eigenvalue weighted by atomic mass is 9.95. The highest BCUT2D eigenvalue weighted by Crippen LogP contribution is 2.39. The van der Waals surface area contributed by atoms with Crippen LogP contribution in [0.1, 0.15) is 33.6 Å². The van der Waals surface area contributed by atoms with Crippen LogP contribution in [0.15, 0.2) is 18.2 Å². The number of carbonyl (C=O) groups excluding carboxylic acids is 2. The average molecular weight is 467 g/mol. The molecule has 1 aromatic heterocycles. The van der Waals surface area contributed by atoms with Gasteiger partial charge in [-0.05, 0) is 43.4 Å². The number of carbonyl (C=O) groups is 2. The van der Waals surface area contributed by atoms with Gasteiger partial charge < -0.3 is 19.5 Å². The number of anilines is 2. The zero-order chi connectivity index (χ0) is 22.2. The molecule has 0 fully saturated rings. The number of thiophene rings is 1. The molecule has 0 unspecified atom stereocenters. The van der Waals surface area contributed by atoms with Crippen molar-refractivity contribution in [2.45, 2.75) is 25.7 Å². The van der Waals surface area contributed by atoms with Crippen LogP contribution >= 0.6 is 11.3 Å². The highest BCUT2D eigenvalue weighted by atomic mass is 32.2. The number of benzene rings is 1. The van der Waals surface area contributed by atoms with Crippen molar-refractivity contribution in [3.8, 4) is 11.5 Å². The topological polar surface area (TPSA) is 111 Å². The number of hydrogen-bond donors (Lipinski definition) is 1. The molecule has 166 valence electrons. The van der Waals surface area contributed by atoms with E-state index in [1.54, 1.807) is 12.1 Å². The summed E-state index contributed by atoms with van der Waals surface area (Å²) in [6, 6.07) is 4.66. The molecule has 2 heterocycles. The normalized spacial score (nSPS) is 14.6. The van der Waals surface area contributed by atoms with E-state index in [-0.39, 0.29) is 12.5 Å². The van der Waals surface area contributed by atoms with Gasteiger partial charge in [0.1, 0.15) is 11.5 Å². The smallest absolute Gasteiger partial charge is 0.341 e. The number of rotatable bonds is 6. The molecule has 2 aliphatic rings. The SMILES string of the molecule is COC(=O)c1c(NC(=O)CN(c2ccc3c(c2)OCO3)S(C)(=O)=O)sc2c1CCCC2. The van der Waals surface area contributed by atoms with E-state index in [0.717, 1.165) is 46.7 Å². The fourth-order valence-electron chi connectivity index (χ4n) is 3.71. The standard InChI is InChI=1S/C20H22N2O7S2/c1-27-20(24)18-13-5-3-4-6-16(13)30-19(18)21-17(23)10-22(31(2,25)26)12-7-8-14-15(9-12)29-11-28-14/h7-9H,3-6,10-11H2,1-2H3,(H,21,23). The molecule has 0 spiro atoms. The number of fused-ring (bicyclic) bond motifs is 2. The maximum Gasteiger partial charge on any atom is 0.341 e. The van der Waals surface area contributed by atoms with Crippen LogP contribution in [-0.2, 0) is 32.4 Å². The lowest BCUT2D eigenvalue weighted by Gasteiger charge is -2.22. The summed E-state index contributed by atoms with van der Waals surface area (Å²) in [4.78, 5) is 26.2. The first kappa shape index (κ1) is 21.4. The average Bonchev–Trinajstić information content (AvgIpc) is 3.34. The molecule has 4 rings (SSSR count). The van der Waals surface area contributed by atoms with Gasteiger partial charge in [-0.25, -0.2) is 13.2 Å². The van der Waals surface area contributed by atoms with Crippen molar-refractivity contribution >= 4 is 43.9 Å². The van der Waals surface area contributed by atoms with E-state index < -0.39 is 28.4 Å². The summed E-state index contributed by atoms with van der Waals surface area (Å²) in [5.41, 5.74) is 1.55. The van der Waals surface area contributed by atoms with E-state index in [1.807, 2.05) is 0 Å². The Morgan fingerprint density at radius 1 is 1.19 bits per heavy atom. The van der Waals surface area contributed by atoms with Crippen molar-refractivity contribution in [3.63, 3.8) is 0 Å². The number of nitrogens with zero attached hydrogens (tertiary/aromatic N) is 1. The number of esters is 1. The summed E-state index contributed by atoms with van der Waals surface area (Å²) in [5.74, 6) is -0.156. The monoisotopic (exact) mass is 466 g/mol. The molecule has 0 radical (unpaired) electrons. The zero-order valence-electron chi connectivity index (χ0n) is 17.1. The number of methoxy groups -OCH3 is 1. The Kier molecular flexibility index (Phi) is 5.80. The van der Waals surface area contributed by atoms with Gasteiger partial charge >= 0.3 is 5.97 Å². The van der Waals surface area contributed by atoms with Crippen LogP contribution in [0.25, 0.3) is 0 Å². The predicted molar refractivity (Wildman–Crippen MR) is 116 cm³/mol. The minimum absolute atomic E-state index is 0.0531. The third kappa shape index (κ3) is 4.33. The van der Waals surface area contributed by atoms with Crippen LogP contribution in [0.3, 0.4) is 0 Å². The fourth-order valence-corrected chi connectivity index (χ4v) is 5.85. The van der Waals surface area contributed by atoms with E-state index in [9.17, 15) is 18.0 Å². The van der Waals surface area contributed by atoms with E-state index >= 15 is 0 Å². The van der Waals surface area contributed by atoms with Crippen LogP contribution in [0.2, 0.25) is 0 Å². The summed E-state index contributed by atoms with van der Waals surface area (Å²) in [6.45, 7) is -0.404. The zero-order valence-corrected chi connectivity index (χ0v) is 18.7. The van der Waals surface area contributed by atoms with Gasteiger partial charge in [-0.1, -0.05) is 0 Å². The number of aryl methyl sites for hydroxylation is 1. The van der Waals surface area contributed by atoms with Crippen molar-refractivity contribution < 1.29 is 32.2 Å². The van der Waals surface area contributed by atoms with Crippen LogP contribution < -0.4 is 19.1 Å². The first-order chi connectivity index (χ1) is 14.8. The van der Waals surface area contributed by atoms with Crippen LogP contribution in [-0.4, -0.2) is 47.0 Å². The molecule has 1 aliphatic heterocycles. The van der Waals surface area contributed by atoms with Gasteiger partial charge in [-0.15, -0.1) is 11.3 Å². The summed E-state index contributed by atoms with van der Waals surface area (Å²) in [7, 11) is -2.47. The second-order valence-corrected chi connectivity index (χ2v) is 10.3. The number of ether oxygens (including phenoxy) is 3. The lowest BCUT2D eigenvalue weighted by Crippen LogP contribution is -2.37. The first-order valence-electron chi connectivity index (χ1n) is 9.68. The van der Waals surface area contributed by atoms with Crippen molar-refractivity contribution in [2.24, 2.45) is 0 Å². The molecule has 0 saturated heterocycles. The number of sulfonamides is 1. The third-order valence-electron chi connectivity index (χ3n) is 5.15. The summed E-state index contributed by atoms with van der Waals surface area (Å²) < 4.78 is 41.3. The van der Waals surface area contributed by atoms with Crippen LogP contribution in [0.5, 0.6) is 11.5 Å². The Morgan fingerprint density at radius 2 is 1.94 bits per heavy atom. The molecule has 1 aliphatic carbocycles. The molecule has 9 nitrogen and oxygen atoms in total. The highest BCUT2D eigenvalue weighted by molar-refractivity contribution is 7.92. The lowest BCUT2D eigenvalue weighted by molar-refractivity contribution is -0.114. The minimum Gasteiger partial charge on any atom is -0.465 e.